The molecule has 0 aliphatic heterocycles. The molecule has 1 amide bonds. The van der Waals surface area contributed by atoms with Crippen molar-refractivity contribution in [2.24, 2.45) is 0 Å². The number of benzene rings is 1. The molecule has 0 spiro atoms. The van der Waals surface area contributed by atoms with Gasteiger partial charge in [-0.25, -0.2) is 8.78 Å². The van der Waals surface area contributed by atoms with E-state index < -0.39 is 11.6 Å². The van der Waals surface area contributed by atoms with E-state index in [1.807, 2.05) is 0 Å². The first-order chi connectivity index (χ1) is 9.13. The maximum atomic E-state index is 13.3. The minimum absolute atomic E-state index is 0.103. The van der Waals surface area contributed by atoms with E-state index in [9.17, 15) is 13.6 Å². The fourth-order valence-corrected chi connectivity index (χ4v) is 1.57. The number of ether oxygens (including phenoxy) is 1. The zero-order valence-corrected chi connectivity index (χ0v) is 11.2. The quantitative estimate of drug-likeness (QED) is 0.589. The number of hydrogen-bond donors (Lipinski definition) is 1. The smallest absolute Gasteiger partial charge is 0.224 e. The fourth-order valence-electron chi connectivity index (χ4n) is 1.46. The van der Waals surface area contributed by atoms with Crippen LogP contribution in [0, 0.1) is 11.6 Å². The van der Waals surface area contributed by atoms with Gasteiger partial charge in [0.15, 0.2) is 0 Å². The van der Waals surface area contributed by atoms with Crippen LogP contribution >= 0.6 is 11.6 Å². The van der Waals surface area contributed by atoms with Crippen LogP contribution in [0.25, 0.3) is 0 Å². The van der Waals surface area contributed by atoms with Crippen molar-refractivity contribution >= 4 is 17.5 Å². The third-order valence-electron chi connectivity index (χ3n) is 2.38. The van der Waals surface area contributed by atoms with Crippen molar-refractivity contribution in [2.45, 2.75) is 12.8 Å². The molecule has 0 bridgehead atoms. The Kier molecular flexibility index (Phi) is 7.36. The summed E-state index contributed by atoms with van der Waals surface area (Å²) in [4.78, 5) is 11.5. The average Bonchev–Trinajstić information content (AvgIpc) is 2.37. The van der Waals surface area contributed by atoms with E-state index in [1.54, 1.807) is 0 Å². The fraction of sp³-hybridized carbons (Fsp3) is 0.462. The Labute approximate surface area is 115 Å². The molecule has 106 valence electrons. The molecule has 0 fully saturated rings. The molecule has 6 heteroatoms. The lowest BCUT2D eigenvalue weighted by atomic mass is 10.1. The van der Waals surface area contributed by atoms with Crippen molar-refractivity contribution in [3.05, 3.63) is 35.4 Å². The second-order valence-corrected chi connectivity index (χ2v) is 4.30. The number of alkyl halides is 1. The monoisotopic (exact) mass is 291 g/mol. The molecule has 0 aliphatic carbocycles. The van der Waals surface area contributed by atoms with Gasteiger partial charge in [-0.05, 0) is 18.1 Å². The van der Waals surface area contributed by atoms with Gasteiger partial charge in [0.2, 0.25) is 5.91 Å². The average molecular weight is 292 g/mol. The molecule has 0 atom stereocenters. The van der Waals surface area contributed by atoms with Crippen LogP contribution in [0.2, 0.25) is 0 Å². The number of hydrogen-bond acceptors (Lipinski definition) is 2. The van der Waals surface area contributed by atoms with Crippen LogP contribution in [0.5, 0.6) is 0 Å². The van der Waals surface area contributed by atoms with E-state index in [0.29, 0.717) is 32.1 Å². The molecule has 0 aromatic heterocycles. The first-order valence-corrected chi connectivity index (χ1v) is 6.51. The molecule has 0 radical (unpaired) electrons. The Hall–Kier alpha value is -1.20. The van der Waals surface area contributed by atoms with Gasteiger partial charge < -0.3 is 10.1 Å². The summed E-state index contributed by atoms with van der Waals surface area (Å²) in [6.07, 6.45) is 0.559. The summed E-state index contributed by atoms with van der Waals surface area (Å²) in [5.41, 5.74) is 0.178. The van der Waals surface area contributed by atoms with Gasteiger partial charge >= 0.3 is 0 Å². The van der Waals surface area contributed by atoms with Crippen molar-refractivity contribution in [1.82, 2.24) is 5.32 Å². The van der Waals surface area contributed by atoms with Crippen LogP contribution in [-0.4, -0.2) is 31.5 Å². The maximum absolute atomic E-state index is 13.3. The molecule has 1 rings (SSSR count). The third-order valence-corrected chi connectivity index (χ3v) is 2.53. The van der Waals surface area contributed by atoms with Crippen molar-refractivity contribution in [3.63, 3.8) is 0 Å². The van der Waals surface area contributed by atoms with Crippen molar-refractivity contribution in [2.75, 3.05) is 25.6 Å². The van der Waals surface area contributed by atoms with Crippen molar-refractivity contribution in [1.29, 1.82) is 0 Å². The number of amides is 1. The van der Waals surface area contributed by atoms with Crippen LogP contribution < -0.4 is 5.32 Å². The Morgan fingerprint density at radius 1 is 1.32 bits per heavy atom. The third kappa shape index (κ3) is 6.50. The van der Waals surface area contributed by atoms with E-state index in [1.165, 1.54) is 6.07 Å². The molecular weight excluding hydrogens is 276 g/mol. The van der Waals surface area contributed by atoms with E-state index in [0.717, 1.165) is 12.1 Å². The summed E-state index contributed by atoms with van der Waals surface area (Å²) >= 11 is 5.42. The highest BCUT2D eigenvalue weighted by Crippen LogP contribution is 2.09. The largest absolute Gasteiger partial charge is 0.380 e. The Bertz CT molecular complexity index is 416. The molecule has 0 unspecified atom stereocenters. The lowest BCUT2D eigenvalue weighted by Crippen LogP contribution is -2.27. The first kappa shape index (κ1) is 15.9. The SMILES string of the molecule is O=C(Cc1ccc(F)cc1F)NCCCOCCCl. The molecular formula is C13H16ClF2NO2. The van der Waals surface area contributed by atoms with Crippen LogP contribution in [-0.2, 0) is 16.0 Å². The second kappa shape index (κ2) is 8.82. The number of carbonyl (C=O) groups is 1. The highest BCUT2D eigenvalue weighted by Gasteiger charge is 2.08. The van der Waals surface area contributed by atoms with Gasteiger partial charge in [-0.1, -0.05) is 6.07 Å². The number of rotatable bonds is 8. The van der Waals surface area contributed by atoms with Crippen LogP contribution in [0.15, 0.2) is 18.2 Å². The first-order valence-electron chi connectivity index (χ1n) is 5.98. The van der Waals surface area contributed by atoms with Gasteiger partial charge in [0, 0.05) is 25.1 Å². The molecule has 0 saturated heterocycles. The molecule has 0 aliphatic rings. The summed E-state index contributed by atoms with van der Waals surface area (Å²) in [5, 5.41) is 2.64. The zero-order valence-electron chi connectivity index (χ0n) is 10.4. The van der Waals surface area contributed by atoms with Gasteiger partial charge in [0.05, 0.1) is 13.0 Å². The molecule has 0 heterocycles. The Morgan fingerprint density at radius 3 is 2.79 bits per heavy atom. The van der Waals surface area contributed by atoms with Gasteiger partial charge in [-0.3, -0.25) is 4.79 Å². The van der Waals surface area contributed by atoms with Gasteiger partial charge in [0.1, 0.15) is 11.6 Å². The van der Waals surface area contributed by atoms with Crippen molar-refractivity contribution in [3.8, 4) is 0 Å². The number of nitrogens with one attached hydrogen (secondary N) is 1. The summed E-state index contributed by atoms with van der Waals surface area (Å²) in [6.45, 7) is 1.44. The van der Waals surface area contributed by atoms with Gasteiger partial charge in [-0.15, -0.1) is 11.6 Å². The topological polar surface area (TPSA) is 38.3 Å². The highest BCUT2D eigenvalue weighted by atomic mass is 35.5. The summed E-state index contributed by atoms with van der Waals surface area (Å²) in [5.74, 6) is -1.22. The molecule has 1 N–H and O–H groups in total. The Balaban J connectivity index is 2.23. The van der Waals surface area contributed by atoms with Crippen LogP contribution in [0.3, 0.4) is 0 Å². The van der Waals surface area contributed by atoms with Gasteiger partial charge in [0.25, 0.3) is 0 Å². The van der Waals surface area contributed by atoms with E-state index in [2.05, 4.69) is 5.32 Å². The zero-order chi connectivity index (χ0) is 14.1. The molecule has 1 aromatic carbocycles. The molecule has 3 nitrogen and oxygen atoms in total. The molecule has 19 heavy (non-hydrogen) atoms. The van der Waals surface area contributed by atoms with Gasteiger partial charge in [-0.2, -0.15) is 0 Å². The van der Waals surface area contributed by atoms with E-state index >= 15 is 0 Å². The number of carbonyl (C=O) groups excluding carboxylic acids is 1. The van der Waals surface area contributed by atoms with E-state index in [4.69, 9.17) is 16.3 Å². The maximum Gasteiger partial charge on any atom is 0.224 e. The standard InChI is InChI=1S/C13H16ClF2NO2/c14-4-7-19-6-1-5-17-13(18)8-10-2-3-11(15)9-12(10)16/h2-3,9H,1,4-8H2,(H,17,18). The lowest BCUT2D eigenvalue weighted by molar-refractivity contribution is -0.120. The van der Waals surface area contributed by atoms with E-state index in [-0.39, 0.29) is 17.9 Å². The summed E-state index contributed by atoms with van der Waals surface area (Å²) < 4.78 is 31.1. The predicted octanol–water partition coefficient (Wildman–Crippen LogP) is 2.27. The van der Waals surface area contributed by atoms with Crippen molar-refractivity contribution < 1.29 is 18.3 Å². The summed E-state index contributed by atoms with van der Waals surface area (Å²) in [6, 6.07) is 3.17. The second-order valence-electron chi connectivity index (χ2n) is 3.92. The minimum atomic E-state index is -0.708. The number of halogens is 3. The molecule has 1 aromatic rings. The Morgan fingerprint density at radius 2 is 2.11 bits per heavy atom. The highest BCUT2D eigenvalue weighted by molar-refractivity contribution is 6.17. The van der Waals surface area contributed by atoms with Crippen LogP contribution in [0.1, 0.15) is 12.0 Å². The minimum Gasteiger partial charge on any atom is -0.380 e. The lowest BCUT2D eigenvalue weighted by Gasteiger charge is -2.06. The van der Waals surface area contributed by atoms with Crippen LogP contribution in [0.4, 0.5) is 8.78 Å². The predicted molar refractivity (Wildman–Crippen MR) is 69.2 cm³/mol. The normalized spacial score (nSPS) is 10.5. The molecule has 0 saturated carbocycles. The summed E-state index contributed by atoms with van der Waals surface area (Å²) in [7, 11) is 0.